The standard InChI is InChI=1S/C12H10FNO2/c1-3-7-4-8-9(12(15)16)6-14(2)11(8)5-10(7)13/h3-6H,1H2,2H3,(H,15,16). The molecule has 1 N–H and O–H groups in total. The summed E-state index contributed by atoms with van der Waals surface area (Å²) in [6.07, 6.45) is 2.84. The van der Waals surface area contributed by atoms with Gasteiger partial charge in [0.05, 0.1) is 11.1 Å². The summed E-state index contributed by atoms with van der Waals surface area (Å²) in [5, 5.41) is 9.52. The van der Waals surface area contributed by atoms with E-state index in [1.54, 1.807) is 11.6 Å². The lowest BCUT2D eigenvalue weighted by Gasteiger charge is -2.00. The minimum absolute atomic E-state index is 0.167. The number of hydrogen-bond donors (Lipinski definition) is 1. The number of aromatic carboxylic acids is 1. The lowest BCUT2D eigenvalue weighted by atomic mass is 10.1. The van der Waals surface area contributed by atoms with Crippen molar-refractivity contribution in [3.05, 3.63) is 41.9 Å². The molecule has 0 aliphatic carbocycles. The third-order valence-electron chi connectivity index (χ3n) is 2.56. The number of nitrogens with zero attached hydrogens (tertiary/aromatic N) is 1. The minimum Gasteiger partial charge on any atom is -0.478 e. The van der Waals surface area contributed by atoms with Crippen LogP contribution < -0.4 is 0 Å². The molecular weight excluding hydrogens is 209 g/mol. The number of fused-ring (bicyclic) bond motifs is 1. The van der Waals surface area contributed by atoms with E-state index in [9.17, 15) is 9.18 Å². The maximum atomic E-state index is 13.5. The minimum atomic E-state index is -1.02. The van der Waals surface area contributed by atoms with Crippen LogP contribution in [0.1, 0.15) is 15.9 Å². The predicted octanol–water partition coefficient (Wildman–Crippen LogP) is 2.66. The van der Waals surface area contributed by atoms with Crippen LogP contribution in [-0.4, -0.2) is 15.6 Å². The molecule has 4 heteroatoms. The third kappa shape index (κ3) is 1.39. The molecule has 0 atom stereocenters. The average molecular weight is 219 g/mol. The molecule has 0 fully saturated rings. The smallest absolute Gasteiger partial charge is 0.337 e. The molecule has 3 nitrogen and oxygen atoms in total. The summed E-state index contributed by atoms with van der Waals surface area (Å²) in [7, 11) is 1.68. The van der Waals surface area contributed by atoms with Gasteiger partial charge in [0.25, 0.3) is 0 Å². The van der Waals surface area contributed by atoms with Crippen molar-refractivity contribution < 1.29 is 14.3 Å². The van der Waals surface area contributed by atoms with Crippen LogP contribution in [0.3, 0.4) is 0 Å². The van der Waals surface area contributed by atoms with Crippen molar-refractivity contribution in [3.63, 3.8) is 0 Å². The van der Waals surface area contributed by atoms with Gasteiger partial charge >= 0.3 is 5.97 Å². The van der Waals surface area contributed by atoms with E-state index in [1.807, 2.05) is 0 Å². The number of aryl methyl sites for hydroxylation is 1. The van der Waals surface area contributed by atoms with Gasteiger partial charge in [-0.1, -0.05) is 12.7 Å². The Morgan fingerprint density at radius 3 is 2.81 bits per heavy atom. The van der Waals surface area contributed by atoms with E-state index in [1.165, 1.54) is 24.4 Å². The highest BCUT2D eigenvalue weighted by molar-refractivity contribution is 6.04. The van der Waals surface area contributed by atoms with Crippen LogP contribution in [0.2, 0.25) is 0 Å². The SMILES string of the molecule is C=Cc1cc2c(C(=O)O)cn(C)c2cc1F. The monoisotopic (exact) mass is 219 g/mol. The second-order valence-electron chi connectivity index (χ2n) is 3.55. The Morgan fingerprint density at radius 2 is 2.25 bits per heavy atom. The van der Waals surface area contributed by atoms with Gasteiger partial charge in [0.1, 0.15) is 5.82 Å². The van der Waals surface area contributed by atoms with Crippen LogP contribution in [0, 0.1) is 5.82 Å². The number of carboxylic acid groups (broad SMARTS) is 1. The first kappa shape index (κ1) is 10.4. The molecule has 16 heavy (non-hydrogen) atoms. The van der Waals surface area contributed by atoms with E-state index in [0.717, 1.165) is 0 Å². The van der Waals surface area contributed by atoms with Crippen molar-refractivity contribution in [1.29, 1.82) is 0 Å². The van der Waals surface area contributed by atoms with Crippen LogP contribution in [0.4, 0.5) is 4.39 Å². The number of carbonyl (C=O) groups is 1. The molecular formula is C12H10FNO2. The molecule has 0 saturated heterocycles. The van der Waals surface area contributed by atoms with Crippen molar-refractivity contribution >= 4 is 22.9 Å². The molecule has 2 rings (SSSR count). The Labute approximate surface area is 91.4 Å². The molecule has 1 heterocycles. The third-order valence-corrected chi connectivity index (χ3v) is 2.56. The number of aromatic nitrogens is 1. The fraction of sp³-hybridized carbons (Fsp3) is 0.0833. The van der Waals surface area contributed by atoms with E-state index >= 15 is 0 Å². The van der Waals surface area contributed by atoms with Gasteiger partial charge in [-0.05, 0) is 12.1 Å². The second-order valence-corrected chi connectivity index (χ2v) is 3.55. The zero-order chi connectivity index (χ0) is 11.9. The Bertz CT molecular complexity index is 599. The first-order valence-corrected chi connectivity index (χ1v) is 4.69. The molecule has 0 bridgehead atoms. The molecule has 2 aromatic rings. The van der Waals surface area contributed by atoms with Crippen LogP contribution in [-0.2, 0) is 7.05 Å². The van der Waals surface area contributed by atoms with Gasteiger partial charge in [0.2, 0.25) is 0 Å². The summed E-state index contributed by atoms with van der Waals surface area (Å²) in [6, 6.07) is 2.82. The van der Waals surface area contributed by atoms with Gasteiger partial charge in [0.15, 0.2) is 0 Å². The first-order valence-electron chi connectivity index (χ1n) is 4.69. The lowest BCUT2D eigenvalue weighted by molar-refractivity contribution is 0.0699. The fourth-order valence-electron chi connectivity index (χ4n) is 1.75. The zero-order valence-corrected chi connectivity index (χ0v) is 8.70. The lowest BCUT2D eigenvalue weighted by Crippen LogP contribution is -1.94. The fourth-order valence-corrected chi connectivity index (χ4v) is 1.75. The van der Waals surface area contributed by atoms with Crippen molar-refractivity contribution in [2.45, 2.75) is 0 Å². The van der Waals surface area contributed by atoms with Crippen molar-refractivity contribution in [1.82, 2.24) is 4.57 Å². The quantitative estimate of drug-likeness (QED) is 0.843. The van der Waals surface area contributed by atoms with E-state index in [0.29, 0.717) is 16.5 Å². The molecule has 0 unspecified atom stereocenters. The highest BCUT2D eigenvalue weighted by atomic mass is 19.1. The van der Waals surface area contributed by atoms with E-state index in [2.05, 4.69) is 6.58 Å². The number of rotatable bonds is 2. The number of halogens is 1. The molecule has 1 aromatic carbocycles. The van der Waals surface area contributed by atoms with Gasteiger partial charge < -0.3 is 9.67 Å². The molecule has 0 aliphatic heterocycles. The molecule has 1 aromatic heterocycles. The molecule has 82 valence electrons. The summed E-state index contributed by atoms with van der Waals surface area (Å²) in [5.74, 6) is -1.42. The highest BCUT2D eigenvalue weighted by Gasteiger charge is 2.14. The molecule has 0 spiro atoms. The maximum Gasteiger partial charge on any atom is 0.337 e. The van der Waals surface area contributed by atoms with Gasteiger partial charge in [-0.3, -0.25) is 0 Å². The number of benzene rings is 1. The number of hydrogen-bond acceptors (Lipinski definition) is 1. The van der Waals surface area contributed by atoms with E-state index in [-0.39, 0.29) is 5.56 Å². The molecule has 0 aliphatic rings. The maximum absolute atomic E-state index is 13.5. The molecule has 0 radical (unpaired) electrons. The van der Waals surface area contributed by atoms with Gasteiger partial charge in [0, 0.05) is 24.2 Å². The predicted molar refractivity (Wildman–Crippen MR) is 59.9 cm³/mol. The van der Waals surface area contributed by atoms with Crippen molar-refractivity contribution in [2.24, 2.45) is 7.05 Å². The summed E-state index contributed by atoms with van der Waals surface area (Å²) < 4.78 is 15.1. The zero-order valence-electron chi connectivity index (χ0n) is 8.70. The summed E-state index contributed by atoms with van der Waals surface area (Å²) in [5.41, 5.74) is 1.03. The second kappa shape index (κ2) is 3.48. The Kier molecular flexibility index (Phi) is 2.27. The first-order chi connectivity index (χ1) is 7.54. The Balaban J connectivity index is 2.88. The summed E-state index contributed by atoms with van der Waals surface area (Å²) >= 11 is 0. The van der Waals surface area contributed by atoms with Crippen LogP contribution in [0.5, 0.6) is 0 Å². The van der Waals surface area contributed by atoms with Crippen molar-refractivity contribution in [3.8, 4) is 0 Å². The Morgan fingerprint density at radius 1 is 1.56 bits per heavy atom. The van der Waals surface area contributed by atoms with Crippen LogP contribution >= 0.6 is 0 Å². The van der Waals surface area contributed by atoms with Gasteiger partial charge in [-0.25, -0.2) is 9.18 Å². The normalized spacial score (nSPS) is 10.6. The largest absolute Gasteiger partial charge is 0.478 e. The Hall–Kier alpha value is -2.10. The van der Waals surface area contributed by atoms with Crippen molar-refractivity contribution in [2.75, 3.05) is 0 Å². The summed E-state index contributed by atoms with van der Waals surface area (Å²) in [4.78, 5) is 11.0. The summed E-state index contributed by atoms with van der Waals surface area (Å²) in [6.45, 7) is 3.49. The van der Waals surface area contributed by atoms with E-state index < -0.39 is 11.8 Å². The number of carboxylic acids is 1. The van der Waals surface area contributed by atoms with Crippen LogP contribution in [0.25, 0.3) is 17.0 Å². The highest BCUT2D eigenvalue weighted by Crippen LogP contribution is 2.24. The van der Waals surface area contributed by atoms with E-state index in [4.69, 9.17) is 5.11 Å². The molecule has 0 amide bonds. The molecule has 0 saturated carbocycles. The average Bonchev–Trinajstić information content (AvgIpc) is 2.55. The van der Waals surface area contributed by atoms with Gasteiger partial charge in [-0.2, -0.15) is 0 Å². The van der Waals surface area contributed by atoms with Gasteiger partial charge in [-0.15, -0.1) is 0 Å². The van der Waals surface area contributed by atoms with Crippen LogP contribution in [0.15, 0.2) is 24.9 Å². The topological polar surface area (TPSA) is 42.2 Å².